The predicted molar refractivity (Wildman–Crippen MR) is 105 cm³/mol. The van der Waals surface area contributed by atoms with Crippen molar-refractivity contribution in [3.8, 4) is 5.75 Å². The lowest BCUT2D eigenvalue weighted by Crippen LogP contribution is -2.29. The van der Waals surface area contributed by atoms with Crippen molar-refractivity contribution in [2.75, 3.05) is 7.11 Å². The summed E-state index contributed by atoms with van der Waals surface area (Å²) in [6, 6.07) is 27.3. The molecule has 3 aromatic rings. The molecule has 0 aliphatic heterocycles. The highest BCUT2D eigenvalue weighted by Crippen LogP contribution is 2.46. The maximum atomic E-state index is 11.9. The van der Waals surface area contributed by atoms with E-state index in [1.807, 2.05) is 84.9 Å². The van der Waals surface area contributed by atoms with E-state index in [0.29, 0.717) is 5.75 Å². The van der Waals surface area contributed by atoms with Gasteiger partial charge < -0.3 is 9.84 Å². The fourth-order valence-electron chi connectivity index (χ4n) is 3.06. The fourth-order valence-corrected chi connectivity index (χ4v) is 6.80. The number of para-hydroxylation sites is 1. The first-order chi connectivity index (χ1) is 12.2. The predicted octanol–water partition coefficient (Wildman–Crippen LogP) is 2.88. The van der Waals surface area contributed by atoms with Crippen LogP contribution in [0.2, 0.25) is 0 Å². The zero-order chi connectivity index (χ0) is 17.7. The van der Waals surface area contributed by atoms with E-state index >= 15 is 0 Å². The van der Waals surface area contributed by atoms with Gasteiger partial charge in [0.15, 0.2) is 0 Å². The second-order valence-electron chi connectivity index (χ2n) is 5.53. The highest BCUT2D eigenvalue weighted by molar-refractivity contribution is 7.95. The summed E-state index contributed by atoms with van der Waals surface area (Å²) >= 11 is 0. The normalized spacial score (nSPS) is 10.9. The Bertz CT molecular complexity index is 875. The van der Waals surface area contributed by atoms with Gasteiger partial charge in [0.1, 0.15) is 5.75 Å². The van der Waals surface area contributed by atoms with Crippen LogP contribution < -0.4 is 20.7 Å². The topological polar surface area (TPSA) is 46.5 Å². The molecular formula is C21H19O3P. The third-order valence-electron chi connectivity index (χ3n) is 4.10. The molecule has 3 nitrogen and oxygen atoms in total. The molecule has 0 aliphatic rings. The van der Waals surface area contributed by atoms with E-state index in [-0.39, 0.29) is 0 Å². The Morgan fingerprint density at radius 2 is 1.32 bits per heavy atom. The number of carboxylic acids is 1. The minimum absolute atomic E-state index is 0.695. The molecule has 0 aromatic heterocycles. The molecule has 0 bridgehead atoms. The molecule has 4 heteroatoms. The molecule has 25 heavy (non-hydrogen) atoms. The van der Waals surface area contributed by atoms with Crippen molar-refractivity contribution in [1.29, 1.82) is 0 Å². The van der Waals surface area contributed by atoms with Gasteiger partial charge in [-0.1, -0.05) is 78.9 Å². The van der Waals surface area contributed by atoms with Crippen molar-refractivity contribution in [3.05, 3.63) is 84.9 Å². The standard InChI is InChI=1S/C21H19O3P/c1-24-19-14-8-9-15-20(19)25(16-21(22)23,17-10-4-2-5-11-17)18-12-6-3-7-13-18/h2-16H,1H3,(H,22,23). The molecule has 0 fully saturated rings. The van der Waals surface area contributed by atoms with Gasteiger partial charge in [-0.3, -0.25) is 0 Å². The lowest BCUT2D eigenvalue weighted by Gasteiger charge is -2.29. The summed E-state index contributed by atoms with van der Waals surface area (Å²) in [6.45, 7) is -2.51. The Balaban J connectivity index is 2.49. The first-order valence-corrected chi connectivity index (χ1v) is 9.76. The number of ether oxygens (including phenoxy) is 1. The average Bonchev–Trinajstić information content (AvgIpc) is 2.67. The Morgan fingerprint density at radius 3 is 1.80 bits per heavy atom. The lowest BCUT2D eigenvalue weighted by atomic mass is 10.3. The molecule has 0 heterocycles. The van der Waals surface area contributed by atoms with Crippen molar-refractivity contribution in [1.82, 2.24) is 0 Å². The monoisotopic (exact) mass is 350 g/mol. The molecular weight excluding hydrogens is 331 g/mol. The maximum absolute atomic E-state index is 11.9. The van der Waals surface area contributed by atoms with Gasteiger partial charge in [0.25, 0.3) is 0 Å². The first-order valence-electron chi connectivity index (χ1n) is 7.91. The Labute approximate surface area is 147 Å². The Morgan fingerprint density at radius 1 is 0.840 bits per heavy atom. The van der Waals surface area contributed by atoms with Crippen LogP contribution >= 0.6 is 6.89 Å². The summed E-state index contributed by atoms with van der Waals surface area (Å²) in [5.74, 6) is 1.21. The highest BCUT2D eigenvalue weighted by atomic mass is 31.2. The zero-order valence-electron chi connectivity index (χ0n) is 13.9. The minimum Gasteiger partial charge on any atom is -0.496 e. The summed E-state index contributed by atoms with van der Waals surface area (Å²) in [7, 11) is 1.62. The third-order valence-corrected chi connectivity index (χ3v) is 8.06. The maximum Gasteiger partial charge on any atom is 0.329 e. The van der Waals surface area contributed by atoms with Crippen LogP contribution in [0.4, 0.5) is 0 Å². The molecule has 3 rings (SSSR count). The van der Waals surface area contributed by atoms with Gasteiger partial charge in [-0.05, 0) is 23.6 Å². The molecule has 0 amide bonds. The van der Waals surface area contributed by atoms with Crippen molar-refractivity contribution < 1.29 is 14.6 Å². The Kier molecular flexibility index (Phi) is 5.06. The number of hydrogen-bond acceptors (Lipinski definition) is 2. The number of carboxylic acid groups (broad SMARTS) is 1. The van der Waals surface area contributed by atoms with E-state index in [4.69, 9.17) is 4.74 Å². The van der Waals surface area contributed by atoms with Gasteiger partial charge >= 0.3 is 5.97 Å². The number of aliphatic carboxylic acids is 1. The smallest absolute Gasteiger partial charge is 0.329 e. The van der Waals surface area contributed by atoms with Crippen molar-refractivity contribution in [2.24, 2.45) is 0 Å². The molecule has 0 saturated carbocycles. The van der Waals surface area contributed by atoms with Crippen molar-refractivity contribution in [2.45, 2.75) is 0 Å². The van der Waals surface area contributed by atoms with E-state index in [0.717, 1.165) is 15.9 Å². The lowest BCUT2D eigenvalue weighted by molar-refractivity contribution is -0.128. The summed E-state index contributed by atoms with van der Waals surface area (Å²) in [5.41, 5.74) is 0. The minimum atomic E-state index is -2.51. The molecule has 0 radical (unpaired) electrons. The van der Waals surface area contributed by atoms with Gasteiger partial charge in [0.05, 0.1) is 7.11 Å². The number of rotatable bonds is 5. The van der Waals surface area contributed by atoms with Gasteiger partial charge in [0, 0.05) is 11.1 Å². The van der Waals surface area contributed by atoms with Crippen LogP contribution in [0.3, 0.4) is 0 Å². The summed E-state index contributed by atoms with van der Waals surface area (Å²) in [6.07, 6.45) is 0. The van der Waals surface area contributed by atoms with Crippen LogP contribution in [0.5, 0.6) is 5.75 Å². The SMILES string of the molecule is COc1ccccc1P(=CC(=O)O)(c1ccccc1)c1ccccc1. The highest BCUT2D eigenvalue weighted by Gasteiger charge is 2.29. The van der Waals surface area contributed by atoms with Gasteiger partial charge in [-0.25, -0.2) is 4.79 Å². The van der Waals surface area contributed by atoms with Crippen molar-refractivity contribution in [3.63, 3.8) is 0 Å². The molecule has 0 saturated heterocycles. The molecule has 3 aromatic carbocycles. The van der Waals surface area contributed by atoms with Crippen molar-refractivity contribution >= 4 is 34.6 Å². The number of benzene rings is 3. The van der Waals surface area contributed by atoms with E-state index in [1.165, 1.54) is 5.80 Å². The zero-order valence-corrected chi connectivity index (χ0v) is 14.8. The number of hydrogen-bond donors (Lipinski definition) is 1. The van der Waals surface area contributed by atoms with E-state index < -0.39 is 12.9 Å². The van der Waals surface area contributed by atoms with Crippen LogP contribution in [0.1, 0.15) is 0 Å². The third kappa shape index (κ3) is 3.24. The second-order valence-corrected chi connectivity index (χ2v) is 8.75. The number of carbonyl (C=O) groups is 1. The van der Waals surface area contributed by atoms with Crippen LogP contribution in [-0.2, 0) is 4.79 Å². The van der Waals surface area contributed by atoms with E-state index in [2.05, 4.69) is 0 Å². The first kappa shape index (κ1) is 17.1. The largest absolute Gasteiger partial charge is 0.496 e. The van der Waals surface area contributed by atoms with Gasteiger partial charge in [0.2, 0.25) is 0 Å². The van der Waals surface area contributed by atoms with E-state index in [9.17, 15) is 9.90 Å². The molecule has 126 valence electrons. The fraction of sp³-hybridized carbons (Fsp3) is 0.0476. The molecule has 0 unspecified atom stereocenters. The quantitative estimate of drug-likeness (QED) is 0.720. The average molecular weight is 350 g/mol. The molecule has 0 aliphatic carbocycles. The van der Waals surface area contributed by atoms with Crippen LogP contribution in [0.15, 0.2) is 84.9 Å². The molecule has 0 atom stereocenters. The van der Waals surface area contributed by atoms with Crippen LogP contribution in [0.25, 0.3) is 0 Å². The summed E-state index contributed by atoms with van der Waals surface area (Å²) in [4.78, 5) is 11.9. The summed E-state index contributed by atoms with van der Waals surface area (Å²) < 4.78 is 5.59. The Hall–Kier alpha value is -2.77. The van der Waals surface area contributed by atoms with Gasteiger partial charge in [-0.2, -0.15) is 0 Å². The second kappa shape index (κ2) is 7.42. The van der Waals surface area contributed by atoms with Crippen LogP contribution in [0, 0.1) is 0 Å². The van der Waals surface area contributed by atoms with Crippen LogP contribution in [-0.4, -0.2) is 24.0 Å². The van der Waals surface area contributed by atoms with E-state index in [1.54, 1.807) is 7.11 Å². The number of methoxy groups -OCH3 is 1. The molecule has 1 N–H and O–H groups in total. The molecule has 0 spiro atoms. The summed E-state index contributed by atoms with van der Waals surface area (Å²) in [5, 5.41) is 12.6. The van der Waals surface area contributed by atoms with Gasteiger partial charge in [-0.15, -0.1) is 0 Å².